The number of aryl methyl sites for hydroxylation is 2. The second-order valence-electron chi connectivity index (χ2n) is 13.8. The smallest absolute Gasteiger partial charge is 0.252 e. The van der Waals surface area contributed by atoms with E-state index in [4.69, 9.17) is 47.7 Å². The van der Waals surface area contributed by atoms with Gasteiger partial charge in [-0.2, -0.15) is 4.89 Å². The standard InChI is InChI=1S/C35H46O10.2W/c1-23-9-31-27(11-29(23)41-22-40-21-39-18-26-16-38-17-26)33(3,4)19-35(43-31)20-34(5,6)28-12-30(24(2)10-32(28)44-35)45-42-8-7-36-13-25-14-37-15-25;;/h9-12H,7-8,13-22H2,1-6H3;;/q-2;;. The zero-order chi connectivity index (χ0) is 31.7. The molecule has 4 aliphatic rings. The summed E-state index contributed by atoms with van der Waals surface area (Å²) in [4.78, 5) is 11.2. The van der Waals surface area contributed by atoms with Crippen molar-refractivity contribution in [2.24, 2.45) is 0 Å². The van der Waals surface area contributed by atoms with Crippen molar-refractivity contribution in [3.05, 3.63) is 58.4 Å². The monoisotopic (exact) mass is 994 g/mol. The first kappa shape index (κ1) is 38.6. The van der Waals surface area contributed by atoms with Gasteiger partial charge >= 0.3 is 0 Å². The predicted octanol–water partition coefficient (Wildman–Crippen LogP) is 5.68. The van der Waals surface area contributed by atoms with Crippen molar-refractivity contribution in [2.75, 3.05) is 66.4 Å². The van der Waals surface area contributed by atoms with E-state index in [0.29, 0.717) is 71.4 Å². The predicted molar refractivity (Wildman–Crippen MR) is 165 cm³/mol. The Morgan fingerprint density at radius 1 is 0.660 bits per heavy atom. The number of hydrogen-bond donors (Lipinski definition) is 0. The third kappa shape index (κ3) is 9.12. The van der Waals surface area contributed by atoms with Gasteiger partial charge < -0.3 is 42.8 Å². The molecule has 260 valence electrons. The minimum absolute atomic E-state index is 0. The maximum absolute atomic E-state index is 6.80. The quantitative estimate of drug-likeness (QED) is 0.0776. The molecule has 0 N–H and O–H groups in total. The fourth-order valence-corrected chi connectivity index (χ4v) is 6.42. The van der Waals surface area contributed by atoms with Crippen molar-refractivity contribution >= 4 is 0 Å². The van der Waals surface area contributed by atoms with Crippen LogP contribution in [-0.4, -0.2) is 72.2 Å². The van der Waals surface area contributed by atoms with Gasteiger partial charge in [0.05, 0.1) is 6.61 Å². The fraction of sp³-hybridized carbons (Fsp3) is 0.600. The Labute approximate surface area is 307 Å². The molecular weight excluding hydrogens is 948 g/mol. The summed E-state index contributed by atoms with van der Waals surface area (Å²) < 4.78 is 46.5. The Morgan fingerprint density at radius 2 is 1.19 bits per heavy atom. The Kier molecular flexibility index (Phi) is 13.3. The first-order valence-electron chi connectivity index (χ1n) is 15.7. The largest absolute Gasteiger partial charge is 0.467 e. The van der Waals surface area contributed by atoms with Gasteiger partial charge in [0.15, 0.2) is 12.5 Å². The van der Waals surface area contributed by atoms with Gasteiger partial charge in [-0.1, -0.05) is 67.3 Å². The van der Waals surface area contributed by atoms with Gasteiger partial charge in [-0.3, -0.25) is 0 Å². The van der Waals surface area contributed by atoms with Gasteiger partial charge in [0.25, 0.3) is 5.79 Å². The van der Waals surface area contributed by atoms with Crippen molar-refractivity contribution < 1.29 is 89.8 Å². The van der Waals surface area contributed by atoms with Crippen molar-refractivity contribution in [3.63, 3.8) is 0 Å². The van der Waals surface area contributed by atoms with Gasteiger partial charge in [-0.25, -0.2) is 11.8 Å². The first-order valence-corrected chi connectivity index (χ1v) is 15.7. The van der Waals surface area contributed by atoms with Gasteiger partial charge in [-0.05, 0) is 49.2 Å². The first-order chi connectivity index (χ1) is 21.5. The van der Waals surface area contributed by atoms with Crippen molar-refractivity contribution in [1.82, 2.24) is 0 Å². The van der Waals surface area contributed by atoms with Crippen LogP contribution >= 0.6 is 0 Å². The van der Waals surface area contributed by atoms with Crippen LogP contribution in [0.15, 0.2) is 24.3 Å². The third-order valence-electron chi connectivity index (χ3n) is 8.79. The van der Waals surface area contributed by atoms with Crippen LogP contribution in [0.2, 0.25) is 0 Å². The van der Waals surface area contributed by atoms with Crippen molar-refractivity contribution in [2.45, 2.75) is 71.0 Å². The summed E-state index contributed by atoms with van der Waals surface area (Å²) in [5.41, 5.74) is 3.53. The molecule has 2 aromatic carbocycles. The molecule has 0 amide bonds. The SMILES string of the molecule is Cc1cc2c(cc1OCOCOC[C-]1COC1)C(C)(C)CC1(CC(C)(C)c3cc(OOCCOC[C-]4COC4)c(C)cc3O1)O2.[W].[W]. The minimum atomic E-state index is -0.822. The second-order valence-corrected chi connectivity index (χ2v) is 13.8. The van der Waals surface area contributed by atoms with E-state index in [1.54, 1.807) is 0 Å². The Balaban J connectivity index is 0.00000250. The van der Waals surface area contributed by atoms with Crippen LogP contribution in [-0.2, 0) is 81.5 Å². The second kappa shape index (κ2) is 16.2. The van der Waals surface area contributed by atoms with Crippen LogP contribution in [0.1, 0.15) is 62.8 Å². The molecule has 0 bridgehead atoms. The molecule has 2 aromatic rings. The van der Waals surface area contributed by atoms with Crippen LogP contribution in [0.5, 0.6) is 23.0 Å². The molecule has 0 aromatic heterocycles. The molecule has 0 aliphatic carbocycles. The number of rotatable bonds is 14. The number of benzene rings is 2. The minimum Gasteiger partial charge on any atom is -0.467 e. The third-order valence-corrected chi connectivity index (χ3v) is 8.79. The zero-order valence-corrected chi connectivity index (χ0v) is 34.1. The number of fused-ring (bicyclic) bond motifs is 2. The topological polar surface area (TPSA) is 92.3 Å². The van der Waals surface area contributed by atoms with Crippen molar-refractivity contribution in [3.8, 4) is 23.0 Å². The Bertz CT molecular complexity index is 1240. The summed E-state index contributed by atoms with van der Waals surface area (Å²) in [7, 11) is 0. The van der Waals surface area contributed by atoms with E-state index in [-0.39, 0.29) is 66.5 Å². The molecule has 2 fully saturated rings. The molecule has 47 heavy (non-hydrogen) atoms. The van der Waals surface area contributed by atoms with E-state index in [0.717, 1.165) is 39.5 Å². The normalized spacial score (nSPS) is 22.3. The summed E-state index contributed by atoms with van der Waals surface area (Å²) in [6.07, 6.45) is 1.35. The van der Waals surface area contributed by atoms with E-state index < -0.39 is 5.79 Å². The maximum Gasteiger partial charge on any atom is 0.252 e. The molecule has 1 atom stereocenters. The molecular formula is C35H46O10W2-2. The van der Waals surface area contributed by atoms with E-state index in [2.05, 4.69) is 33.8 Å². The van der Waals surface area contributed by atoms with Crippen LogP contribution < -0.4 is 19.1 Å². The number of hydrogen-bond acceptors (Lipinski definition) is 10. The van der Waals surface area contributed by atoms with Gasteiger partial charge in [0.1, 0.15) is 30.6 Å². The van der Waals surface area contributed by atoms with Crippen LogP contribution in [0.4, 0.5) is 0 Å². The molecule has 1 spiro atoms. The molecule has 1 unspecified atom stereocenters. The summed E-state index contributed by atoms with van der Waals surface area (Å²) in [6.45, 7) is 17.9. The average Bonchev–Trinajstić information content (AvgIpc) is 2.90. The summed E-state index contributed by atoms with van der Waals surface area (Å²) in [5.74, 6) is 4.74. The molecule has 0 saturated carbocycles. The van der Waals surface area contributed by atoms with Gasteiger partial charge in [-0.15, -0.1) is 0 Å². The van der Waals surface area contributed by atoms with Crippen LogP contribution in [0.25, 0.3) is 0 Å². The number of ether oxygens (including phenoxy) is 8. The molecule has 0 radical (unpaired) electrons. The molecule has 2 saturated heterocycles. The van der Waals surface area contributed by atoms with Gasteiger partial charge in [0, 0.05) is 76.9 Å². The molecule has 10 nitrogen and oxygen atoms in total. The Hall–Kier alpha value is -1.22. The van der Waals surface area contributed by atoms with E-state index in [9.17, 15) is 0 Å². The molecule has 6 rings (SSSR count). The van der Waals surface area contributed by atoms with E-state index >= 15 is 0 Å². The Morgan fingerprint density at radius 3 is 1.74 bits per heavy atom. The zero-order valence-electron chi connectivity index (χ0n) is 28.2. The maximum atomic E-state index is 6.80. The van der Waals surface area contributed by atoms with E-state index in [1.165, 1.54) is 11.8 Å². The fourth-order valence-electron chi connectivity index (χ4n) is 6.42. The van der Waals surface area contributed by atoms with E-state index in [1.807, 2.05) is 32.0 Å². The van der Waals surface area contributed by atoms with Gasteiger partial charge in [0.2, 0.25) is 0 Å². The van der Waals surface area contributed by atoms with Crippen LogP contribution in [0.3, 0.4) is 0 Å². The molecule has 12 heteroatoms. The summed E-state index contributed by atoms with van der Waals surface area (Å²) in [6, 6.07) is 8.18. The van der Waals surface area contributed by atoms with Crippen LogP contribution in [0, 0.1) is 25.7 Å². The van der Waals surface area contributed by atoms with Crippen molar-refractivity contribution in [1.29, 1.82) is 0 Å². The molecule has 4 aliphatic heterocycles. The summed E-state index contributed by atoms with van der Waals surface area (Å²) >= 11 is 0. The molecule has 4 heterocycles. The average molecular weight is 994 g/mol. The summed E-state index contributed by atoms with van der Waals surface area (Å²) in [5, 5.41) is 0.